The number of hydrogen-bond acceptors (Lipinski definition) is 4. The molecule has 0 radical (unpaired) electrons. The van der Waals surface area contributed by atoms with Crippen LogP contribution in [0.3, 0.4) is 0 Å². The minimum absolute atomic E-state index is 0.106. The lowest BCUT2D eigenvalue weighted by molar-refractivity contribution is -0.137. The van der Waals surface area contributed by atoms with E-state index in [9.17, 15) is 18.0 Å². The summed E-state index contributed by atoms with van der Waals surface area (Å²) >= 11 is 0. The lowest BCUT2D eigenvalue weighted by Crippen LogP contribution is -2.30. The van der Waals surface area contributed by atoms with Gasteiger partial charge in [0.05, 0.1) is 17.8 Å². The number of alkyl halides is 3. The van der Waals surface area contributed by atoms with Gasteiger partial charge in [0.2, 0.25) is 11.8 Å². The molecule has 0 aliphatic rings. The Bertz CT molecular complexity index is 721. The fourth-order valence-electron chi connectivity index (χ4n) is 2.21. The Labute approximate surface area is 143 Å². The topological polar surface area (TPSA) is 67.2 Å². The molecular formula is C17H20F3N3O2. The van der Waals surface area contributed by atoms with Crippen molar-refractivity contribution in [2.75, 3.05) is 5.32 Å². The molecular weight excluding hydrogens is 335 g/mol. The number of nitrogens with zero attached hydrogens (tertiary/aromatic N) is 1. The van der Waals surface area contributed by atoms with E-state index in [1.807, 2.05) is 13.8 Å². The SMILES string of the molecule is Cc1nc(CNC(C)CC(=O)Nc2cccc(C(F)(F)F)c2)oc1C. The van der Waals surface area contributed by atoms with Crippen molar-refractivity contribution in [2.24, 2.45) is 0 Å². The number of oxazole rings is 1. The van der Waals surface area contributed by atoms with E-state index in [1.54, 1.807) is 6.92 Å². The number of aromatic nitrogens is 1. The molecule has 5 nitrogen and oxygen atoms in total. The maximum atomic E-state index is 12.7. The van der Waals surface area contributed by atoms with E-state index in [0.717, 1.165) is 23.6 Å². The molecule has 0 spiro atoms. The summed E-state index contributed by atoms with van der Waals surface area (Å²) in [7, 11) is 0. The molecule has 0 saturated carbocycles. The van der Waals surface area contributed by atoms with Crippen LogP contribution in [0.4, 0.5) is 18.9 Å². The highest BCUT2D eigenvalue weighted by molar-refractivity contribution is 5.91. The van der Waals surface area contributed by atoms with Crippen LogP contribution in [0.5, 0.6) is 0 Å². The molecule has 0 aliphatic heterocycles. The average molecular weight is 355 g/mol. The van der Waals surface area contributed by atoms with Crippen molar-refractivity contribution in [1.29, 1.82) is 0 Å². The quantitative estimate of drug-likeness (QED) is 0.827. The van der Waals surface area contributed by atoms with Crippen molar-refractivity contribution in [2.45, 2.75) is 46.0 Å². The number of halogens is 3. The number of benzene rings is 1. The van der Waals surface area contributed by atoms with Crippen molar-refractivity contribution in [3.63, 3.8) is 0 Å². The van der Waals surface area contributed by atoms with Crippen molar-refractivity contribution in [3.05, 3.63) is 47.2 Å². The highest BCUT2D eigenvalue weighted by Crippen LogP contribution is 2.30. The molecule has 2 rings (SSSR count). The maximum absolute atomic E-state index is 12.7. The predicted octanol–water partition coefficient (Wildman–Crippen LogP) is 3.82. The number of nitrogens with one attached hydrogen (secondary N) is 2. The monoisotopic (exact) mass is 355 g/mol. The zero-order valence-corrected chi connectivity index (χ0v) is 14.2. The highest BCUT2D eigenvalue weighted by Gasteiger charge is 2.30. The number of amides is 1. The van der Waals surface area contributed by atoms with Crippen LogP contribution in [-0.4, -0.2) is 16.9 Å². The second kappa shape index (κ2) is 7.69. The van der Waals surface area contributed by atoms with Gasteiger partial charge in [-0.05, 0) is 39.0 Å². The largest absolute Gasteiger partial charge is 0.444 e. The first-order valence-corrected chi connectivity index (χ1v) is 7.78. The molecule has 25 heavy (non-hydrogen) atoms. The lowest BCUT2D eigenvalue weighted by Gasteiger charge is -2.13. The number of hydrogen-bond donors (Lipinski definition) is 2. The summed E-state index contributed by atoms with van der Waals surface area (Å²) < 4.78 is 43.4. The van der Waals surface area contributed by atoms with Crippen LogP contribution >= 0.6 is 0 Å². The summed E-state index contributed by atoms with van der Waals surface area (Å²) in [5, 5.41) is 5.57. The Morgan fingerprint density at radius 3 is 2.64 bits per heavy atom. The molecule has 2 N–H and O–H groups in total. The van der Waals surface area contributed by atoms with E-state index in [-0.39, 0.29) is 24.1 Å². The van der Waals surface area contributed by atoms with Gasteiger partial charge in [-0.1, -0.05) is 6.07 Å². The molecule has 1 aromatic heterocycles. The Morgan fingerprint density at radius 2 is 2.04 bits per heavy atom. The zero-order chi connectivity index (χ0) is 18.6. The Balaban J connectivity index is 1.85. The third-order valence-corrected chi connectivity index (χ3v) is 3.64. The number of rotatable bonds is 6. The molecule has 1 unspecified atom stereocenters. The van der Waals surface area contributed by atoms with E-state index in [0.29, 0.717) is 12.4 Å². The molecule has 0 saturated heterocycles. The molecule has 0 bridgehead atoms. The fraction of sp³-hybridized carbons (Fsp3) is 0.412. The number of carbonyl (C=O) groups is 1. The summed E-state index contributed by atoms with van der Waals surface area (Å²) in [6.45, 7) is 5.83. The molecule has 8 heteroatoms. The molecule has 2 aromatic rings. The lowest BCUT2D eigenvalue weighted by atomic mass is 10.2. The van der Waals surface area contributed by atoms with E-state index in [2.05, 4.69) is 15.6 Å². The van der Waals surface area contributed by atoms with Gasteiger partial charge >= 0.3 is 6.18 Å². The molecule has 1 amide bonds. The summed E-state index contributed by atoms with van der Waals surface area (Å²) in [6, 6.07) is 4.35. The second-order valence-electron chi connectivity index (χ2n) is 5.86. The molecule has 136 valence electrons. The smallest absolute Gasteiger partial charge is 0.416 e. The number of aryl methyl sites for hydroxylation is 2. The Kier molecular flexibility index (Phi) is 5.84. The first-order valence-electron chi connectivity index (χ1n) is 7.78. The van der Waals surface area contributed by atoms with E-state index in [1.165, 1.54) is 12.1 Å². The predicted molar refractivity (Wildman–Crippen MR) is 87.0 cm³/mol. The van der Waals surface area contributed by atoms with Gasteiger partial charge in [0.15, 0.2) is 0 Å². The molecule has 1 heterocycles. The van der Waals surface area contributed by atoms with Crippen LogP contribution in [0, 0.1) is 13.8 Å². The third-order valence-electron chi connectivity index (χ3n) is 3.64. The van der Waals surface area contributed by atoms with Gasteiger partial charge in [0.25, 0.3) is 0 Å². The summed E-state index contributed by atoms with van der Waals surface area (Å²) in [4.78, 5) is 16.2. The minimum atomic E-state index is -4.44. The zero-order valence-electron chi connectivity index (χ0n) is 14.2. The Morgan fingerprint density at radius 1 is 1.32 bits per heavy atom. The first kappa shape index (κ1) is 19.0. The van der Waals surface area contributed by atoms with Crippen LogP contribution in [-0.2, 0) is 17.5 Å². The summed E-state index contributed by atoms with van der Waals surface area (Å²) in [6.07, 6.45) is -4.34. The molecule has 1 aromatic carbocycles. The van der Waals surface area contributed by atoms with Crippen LogP contribution in [0.2, 0.25) is 0 Å². The molecule has 0 aliphatic carbocycles. The van der Waals surface area contributed by atoms with Crippen molar-refractivity contribution < 1.29 is 22.4 Å². The van der Waals surface area contributed by atoms with Gasteiger partial charge in [-0.3, -0.25) is 4.79 Å². The summed E-state index contributed by atoms with van der Waals surface area (Å²) in [5.74, 6) is 0.894. The first-order chi connectivity index (χ1) is 11.6. The molecule has 0 fully saturated rings. The van der Waals surface area contributed by atoms with Crippen LogP contribution in [0.25, 0.3) is 0 Å². The van der Waals surface area contributed by atoms with Crippen molar-refractivity contribution in [3.8, 4) is 0 Å². The normalized spacial score (nSPS) is 12.9. The van der Waals surface area contributed by atoms with Gasteiger partial charge in [-0.25, -0.2) is 4.98 Å². The highest BCUT2D eigenvalue weighted by atomic mass is 19.4. The van der Waals surface area contributed by atoms with Crippen molar-refractivity contribution in [1.82, 2.24) is 10.3 Å². The third kappa shape index (κ3) is 5.60. The van der Waals surface area contributed by atoms with E-state index in [4.69, 9.17) is 4.42 Å². The maximum Gasteiger partial charge on any atom is 0.416 e. The van der Waals surface area contributed by atoms with E-state index >= 15 is 0 Å². The van der Waals surface area contributed by atoms with Gasteiger partial charge in [-0.2, -0.15) is 13.2 Å². The average Bonchev–Trinajstić information content (AvgIpc) is 2.83. The van der Waals surface area contributed by atoms with Gasteiger partial charge in [0, 0.05) is 18.2 Å². The van der Waals surface area contributed by atoms with Gasteiger partial charge < -0.3 is 15.1 Å². The van der Waals surface area contributed by atoms with Crippen LogP contribution in [0.15, 0.2) is 28.7 Å². The minimum Gasteiger partial charge on any atom is -0.444 e. The van der Waals surface area contributed by atoms with Gasteiger partial charge in [0.1, 0.15) is 5.76 Å². The number of carbonyl (C=O) groups excluding carboxylic acids is 1. The summed E-state index contributed by atoms with van der Waals surface area (Å²) in [5.41, 5.74) is 0.129. The Hall–Kier alpha value is -2.35. The van der Waals surface area contributed by atoms with E-state index < -0.39 is 11.7 Å². The second-order valence-corrected chi connectivity index (χ2v) is 5.86. The molecule has 1 atom stereocenters. The van der Waals surface area contributed by atoms with Crippen LogP contribution < -0.4 is 10.6 Å². The van der Waals surface area contributed by atoms with Crippen molar-refractivity contribution >= 4 is 11.6 Å². The standard InChI is InChI=1S/C17H20F3N3O2/c1-10(21-9-16-22-11(2)12(3)25-16)7-15(24)23-14-6-4-5-13(8-14)17(18,19)20/h4-6,8,10,21H,7,9H2,1-3H3,(H,23,24). The number of anilines is 1. The van der Waals surface area contributed by atoms with Gasteiger partial charge in [-0.15, -0.1) is 0 Å². The van der Waals surface area contributed by atoms with Crippen LogP contribution in [0.1, 0.15) is 36.3 Å². The fourth-order valence-corrected chi connectivity index (χ4v) is 2.21.